The van der Waals surface area contributed by atoms with Gasteiger partial charge in [-0.2, -0.15) is 12.7 Å². The van der Waals surface area contributed by atoms with Crippen molar-refractivity contribution in [1.82, 2.24) is 24.1 Å². The van der Waals surface area contributed by atoms with Crippen molar-refractivity contribution in [2.45, 2.75) is 64.9 Å². The lowest BCUT2D eigenvalue weighted by molar-refractivity contribution is -0.0974. The van der Waals surface area contributed by atoms with Crippen LogP contribution in [0.25, 0.3) is 0 Å². The quantitative estimate of drug-likeness (QED) is 0.367. The fourth-order valence-corrected chi connectivity index (χ4v) is 5.61. The monoisotopic (exact) mass is 608 g/mol. The Bertz CT molecular complexity index is 1350. The Hall–Kier alpha value is -3.20. The van der Waals surface area contributed by atoms with Crippen molar-refractivity contribution in [3.8, 4) is 0 Å². The molecule has 1 unspecified atom stereocenters. The van der Waals surface area contributed by atoms with Crippen LogP contribution in [0, 0.1) is 6.92 Å². The largest absolute Gasteiger partial charge is 0.444 e. The van der Waals surface area contributed by atoms with E-state index in [1.807, 2.05) is 36.1 Å². The van der Waals surface area contributed by atoms with E-state index in [0.29, 0.717) is 31.5 Å². The summed E-state index contributed by atoms with van der Waals surface area (Å²) in [7, 11) is 1.59. The van der Waals surface area contributed by atoms with Gasteiger partial charge in [-0.1, -0.05) is 24.3 Å². The molecule has 1 aliphatic heterocycles. The van der Waals surface area contributed by atoms with Crippen LogP contribution in [0.2, 0.25) is 0 Å². The van der Waals surface area contributed by atoms with Gasteiger partial charge in [-0.15, -0.1) is 9.19 Å². The van der Waals surface area contributed by atoms with E-state index >= 15 is 0 Å². The zero-order valence-corrected chi connectivity index (χ0v) is 26.6. The molecule has 1 aliphatic rings. The number of aromatic nitrogens is 2. The highest BCUT2D eigenvalue weighted by atomic mass is 32.2. The van der Waals surface area contributed by atoms with Crippen LogP contribution < -0.4 is 15.5 Å². The Morgan fingerprint density at radius 1 is 1.17 bits per heavy atom. The fourth-order valence-electron chi connectivity index (χ4n) is 4.68. The van der Waals surface area contributed by atoms with Gasteiger partial charge in [0, 0.05) is 59.4 Å². The first-order valence-corrected chi connectivity index (χ1v) is 15.2. The summed E-state index contributed by atoms with van der Waals surface area (Å²) >= 11 is 0. The number of hydrogen-bond acceptors (Lipinski definition) is 9. The molecule has 234 valence electrons. The number of amides is 2. The first kappa shape index (κ1) is 33.3. The van der Waals surface area contributed by atoms with Gasteiger partial charge in [-0.25, -0.2) is 4.79 Å². The number of hydrogen-bond donors (Lipinski definition) is 2. The van der Waals surface area contributed by atoms with Crippen LogP contribution in [0.15, 0.2) is 24.3 Å². The van der Waals surface area contributed by atoms with E-state index in [9.17, 15) is 18.0 Å². The SMILES string of the molecule is COC(CNC(=O)c1nn(S(=O)(=O)N(C)C)c(N2CCCC(NC(=O)OC(C)(C)C)C2)c1Cc1ccccc1C)OC. The summed E-state index contributed by atoms with van der Waals surface area (Å²) in [5.74, 6) is -0.282. The number of aryl methyl sites for hydroxylation is 1. The van der Waals surface area contributed by atoms with E-state index in [2.05, 4.69) is 15.7 Å². The summed E-state index contributed by atoms with van der Waals surface area (Å²) in [6.45, 7) is 8.15. The second-order valence-corrected chi connectivity index (χ2v) is 13.4. The Morgan fingerprint density at radius 2 is 1.83 bits per heavy atom. The Balaban J connectivity index is 2.12. The minimum atomic E-state index is -4.14. The molecule has 14 heteroatoms. The molecular weight excluding hydrogens is 564 g/mol. The minimum Gasteiger partial charge on any atom is -0.444 e. The predicted octanol–water partition coefficient (Wildman–Crippen LogP) is 2.28. The van der Waals surface area contributed by atoms with E-state index in [1.54, 1.807) is 20.8 Å². The number of carbonyl (C=O) groups excluding carboxylic acids is 2. The van der Waals surface area contributed by atoms with Crippen LogP contribution in [0.5, 0.6) is 0 Å². The molecule has 1 fully saturated rings. The van der Waals surface area contributed by atoms with Crippen molar-refractivity contribution < 1.29 is 32.2 Å². The van der Waals surface area contributed by atoms with Gasteiger partial charge in [-0.05, 0) is 51.7 Å². The molecule has 1 atom stereocenters. The zero-order chi connectivity index (χ0) is 31.2. The van der Waals surface area contributed by atoms with Gasteiger partial charge in [0.2, 0.25) is 0 Å². The average Bonchev–Trinajstić information content (AvgIpc) is 3.29. The number of anilines is 1. The van der Waals surface area contributed by atoms with Gasteiger partial charge < -0.3 is 29.7 Å². The first-order chi connectivity index (χ1) is 19.7. The average molecular weight is 609 g/mol. The molecule has 2 amide bonds. The number of rotatable bonds is 11. The van der Waals surface area contributed by atoms with Gasteiger partial charge in [0.15, 0.2) is 12.0 Å². The fraction of sp³-hybridized carbons (Fsp3) is 0.607. The lowest BCUT2D eigenvalue weighted by Gasteiger charge is -2.35. The van der Waals surface area contributed by atoms with Crippen molar-refractivity contribution in [3.63, 3.8) is 0 Å². The second kappa shape index (κ2) is 13.8. The molecule has 2 aromatic rings. The molecule has 0 bridgehead atoms. The number of carbonyl (C=O) groups is 2. The summed E-state index contributed by atoms with van der Waals surface area (Å²) in [5, 5.41) is 10.1. The number of nitrogens with one attached hydrogen (secondary N) is 2. The smallest absolute Gasteiger partial charge is 0.407 e. The van der Waals surface area contributed by atoms with Crippen molar-refractivity contribution in [3.05, 3.63) is 46.6 Å². The molecule has 42 heavy (non-hydrogen) atoms. The van der Waals surface area contributed by atoms with E-state index < -0.39 is 34.1 Å². The van der Waals surface area contributed by atoms with Crippen LogP contribution in [-0.4, -0.2) is 99.8 Å². The summed E-state index contributed by atoms with van der Waals surface area (Å²) in [4.78, 5) is 28.0. The van der Waals surface area contributed by atoms with Crippen molar-refractivity contribution in [2.24, 2.45) is 0 Å². The summed E-state index contributed by atoms with van der Waals surface area (Å²) in [6, 6.07) is 7.39. The highest BCUT2D eigenvalue weighted by Gasteiger charge is 2.35. The minimum absolute atomic E-state index is 0.0214. The van der Waals surface area contributed by atoms with Crippen molar-refractivity contribution >= 4 is 28.0 Å². The van der Waals surface area contributed by atoms with E-state index in [1.165, 1.54) is 28.3 Å². The van der Waals surface area contributed by atoms with Gasteiger partial charge in [-0.3, -0.25) is 4.79 Å². The zero-order valence-electron chi connectivity index (χ0n) is 25.8. The molecule has 1 aromatic carbocycles. The summed E-state index contributed by atoms with van der Waals surface area (Å²) < 4.78 is 45.0. The molecule has 2 heterocycles. The lowest BCUT2D eigenvalue weighted by Crippen LogP contribution is -2.50. The maximum absolute atomic E-state index is 13.6. The number of benzene rings is 1. The Morgan fingerprint density at radius 3 is 2.43 bits per heavy atom. The standard InChI is InChI=1S/C28H44N6O7S/c1-19-12-9-10-13-20(19)16-22-24(25(35)29-17-23(39-7)40-8)31-34(42(37,38)32(5)6)26(22)33-15-11-14-21(18-33)30-27(36)41-28(2,3)4/h9-10,12-13,21,23H,11,14-18H2,1-8H3,(H,29,35)(H,30,36). The molecule has 0 aliphatic carbocycles. The number of nitrogens with zero attached hydrogens (tertiary/aromatic N) is 4. The predicted molar refractivity (Wildman–Crippen MR) is 159 cm³/mol. The number of piperidine rings is 1. The topological polar surface area (TPSA) is 144 Å². The van der Waals surface area contributed by atoms with Crippen LogP contribution in [0.1, 0.15) is 60.8 Å². The number of methoxy groups -OCH3 is 2. The third-order valence-corrected chi connectivity index (χ3v) is 8.46. The molecule has 13 nitrogen and oxygen atoms in total. The molecular formula is C28H44N6O7S. The normalized spacial score (nSPS) is 16.1. The van der Waals surface area contributed by atoms with Gasteiger partial charge in [0.25, 0.3) is 5.91 Å². The molecule has 3 rings (SSSR count). The summed E-state index contributed by atoms with van der Waals surface area (Å²) in [6.07, 6.45) is 0.368. The van der Waals surface area contributed by atoms with E-state index in [4.69, 9.17) is 14.2 Å². The third kappa shape index (κ3) is 8.21. The Labute approximate surface area is 248 Å². The van der Waals surface area contributed by atoms with Crippen LogP contribution in [0.4, 0.5) is 10.6 Å². The molecule has 2 N–H and O–H groups in total. The maximum atomic E-state index is 13.6. The molecule has 0 saturated carbocycles. The highest BCUT2D eigenvalue weighted by molar-refractivity contribution is 7.87. The van der Waals surface area contributed by atoms with E-state index in [0.717, 1.165) is 19.5 Å². The lowest BCUT2D eigenvalue weighted by atomic mass is 9.98. The Kier molecular flexibility index (Phi) is 11.0. The molecule has 1 aromatic heterocycles. The highest BCUT2D eigenvalue weighted by Crippen LogP contribution is 2.32. The van der Waals surface area contributed by atoms with Crippen LogP contribution in [-0.2, 0) is 30.8 Å². The van der Waals surface area contributed by atoms with Crippen LogP contribution >= 0.6 is 0 Å². The van der Waals surface area contributed by atoms with Crippen molar-refractivity contribution in [2.75, 3.05) is 52.8 Å². The molecule has 0 radical (unpaired) electrons. The number of alkyl carbamates (subject to hydrolysis) is 1. The maximum Gasteiger partial charge on any atom is 0.407 e. The van der Waals surface area contributed by atoms with Crippen LogP contribution in [0.3, 0.4) is 0 Å². The van der Waals surface area contributed by atoms with Crippen molar-refractivity contribution in [1.29, 1.82) is 0 Å². The third-order valence-electron chi connectivity index (χ3n) is 6.85. The molecule has 1 saturated heterocycles. The molecule has 0 spiro atoms. The summed E-state index contributed by atoms with van der Waals surface area (Å²) in [5.41, 5.74) is 1.68. The van der Waals surface area contributed by atoms with Gasteiger partial charge in [0.05, 0.1) is 6.54 Å². The first-order valence-electron chi connectivity index (χ1n) is 13.9. The second-order valence-electron chi connectivity index (χ2n) is 11.4. The van der Waals surface area contributed by atoms with E-state index in [-0.39, 0.29) is 30.5 Å². The van der Waals surface area contributed by atoms with Gasteiger partial charge in [0.1, 0.15) is 11.4 Å². The van der Waals surface area contributed by atoms with Gasteiger partial charge >= 0.3 is 16.3 Å². The number of ether oxygens (including phenoxy) is 3.